The number of carbonyl (C=O) groups excluding carboxylic acids is 2. The molecule has 2 aromatic rings. The number of carbonyl (C=O) groups is 2. The zero-order chi connectivity index (χ0) is 19.7. The largest absolute Gasteiger partial charge is 0.350 e. The van der Waals surface area contributed by atoms with Gasteiger partial charge in [0.25, 0.3) is 11.8 Å². The van der Waals surface area contributed by atoms with Crippen LogP contribution < -0.4 is 10.6 Å². The van der Waals surface area contributed by atoms with Crippen molar-refractivity contribution in [3.8, 4) is 11.3 Å². The van der Waals surface area contributed by atoms with Crippen LogP contribution in [0.25, 0.3) is 11.3 Å². The third kappa shape index (κ3) is 4.03. The van der Waals surface area contributed by atoms with Gasteiger partial charge in [0.15, 0.2) is 5.69 Å². The number of nitrogens with zero attached hydrogens (tertiary/aromatic N) is 2. The zero-order valence-electron chi connectivity index (χ0n) is 15.8. The summed E-state index contributed by atoms with van der Waals surface area (Å²) in [4.78, 5) is 24.5. The molecular formula is C21H23FN4O2. The molecule has 2 N–H and O–H groups in total. The van der Waals surface area contributed by atoms with Gasteiger partial charge in [-0.05, 0) is 74.8 Å². The van der Waals surface area contributed by atoms with Crippen molar-refractivity contribution >= 4 is 11.8 Å². The third-order valence-electron chi connectivity index (χ3n) is 5.47. The van der Waals surface area contributed by atoms with Crippen LogP contribution in [0.15, 0.2) is 24.3 Å². The summed E-state index contributed by atoms with van der Waals surface area (Å²) in [5, 5.41) is 13.8. The first-order valence-corrected chi connectivity index (χ1v) is 9.74. The van der Waals surface area contributed by atoms with Crippen LogP contribution in [0.3, 0.4) is 0 Å². The van der Waals surface area contributed by atoms with Crippen LogP contribution in [-0.4, -0.2) is 34.6 Å². The molecule has 2 saturated carbocycles. The third-order valence-corrected chi connectivity index (χ3v) is 5.47. The number of hydrogen-bond acceptors (Lipinski definition) is 4. The van der Waals surface area contributed by atoms with Crippen molar-refractivity contribution in [2.75, 3.05) is 6.54 Å². The molecular weight excluding hydrogens is 359 g/mol. The van der Waals surface area contributed by atoms with Crippen molar-refractivity contribution in [2.24, 2.45) is 5.92 Å². The Bertz CT molecular complexity index is 905. The molecule has 0 radical (unpaired) electrons. The van der Waals surface area contributed by atoms with Gasteiger partial charge in [-0.1, -0.05) is 0 Å². The molecule has 1 heterocycles. The molecule has 0 unspecified atom stereocenters. The van der Waals surface area contributed by atoms with Crippen molar-refractivity contribution in [3.63, 3.8) is 0 Å². The van der Waals surface area contributed by atoms with Gasteiger partial charge in [-0.2, -0.15) is 0 Å². The van der Waals surface area contributed by atoms with E-state index in [9.17, 15) is 14.0 Å². The van der Waals surface area contributed by atoms with E-state index in [-0.39, 0.29) is 29.1 Å². The van der Waals surface area contributed by atoms with E-state index < -0.39 is 5.82 Å². The average Bonchev–Trinajstić information content (AvgIpc) is 3.49. The number of amides is 2. The summed E-state index contributed by atoms with van der Waals surface area (Å²) < 4.78 is 14.4. The Balaban J connectivity index is 1.53. The van der Waals surface area contributed by atoms with E-state index in [2.05, 4.69) is 20.8 Å². The fourth-order valence-electron chi connectivity index (χ4n) is 3.14. The Morgan fingerprint density at radius 3 is 2.50 bits per heavy atom. The minimum Gasteiger partial charge on any atom is -0.350 e. The minimum atomic E-state index is -0.468. The smallest absolute Gasteiger partial charge is 0.271 e. The first kappa shape index (κ1) is 18.5. The highest BCUT2D eigenvalue weighted by Gasteiger charge is 2.23. The second-order valence-corrected chi connectivity index (χ2v) is 7.69. The molecule has 2 aliphatic carbocycles. The van der Waals surface area contributed by atoms with Gasteiger partial charge in [-0.15, -0.1) is 10.2 Å². The number of rotatable bonds is 6. The maximum absolute atomic E-state index is 14.4. The summed E-state index contributed by atoms with van der Waals surface area (Å²) in [6.45, 7) is 2.29. The lowest BCUT2D eigenvalue weighted by Crippen LogP contribution is -2.39. The van der Waals surface area contributed by atoms with E-state index in [1.165, 1.54) is 6.07 Å². The standard InChI is InChI=1S/C21H23FN4O2/c1-12-16(9-14(10-17(12)22)20(27)24-15-3-2-4-15)18-7-8-19(26-25-18)21(28)23-11-13-5-6-13/h7-10,13,15H,2-6,11H2,1H3,(H,23,28)(H,24,27). The van der Waals surface area contributed by atoms with Gasteiger partial charge < -0.3 is 10.6 Å². The maximum Gasteiger partial charge on any atom is 0.271 e. The number of nitrogens with one attached hydrogen (secondary N) is 2. The topological polar surface area (TPSA) is 84.0 Å². The molecule has 0 saturated heterocycles. The second-order valence-electron chi connectivity index (χ2n) is 7.69. The second kappa shape index (κ2) is 7.66. The Labute approximate surface area is 162 Å². The predicted molar refractivity (Wildman–Crippen MR) is 102 cm³/mol. The molecule has 146 valence electrons. The first-order valence-electron chi connectivity index (χ1n) is 9.74. The molecule has 0 atom stereocenters. The fraction of sp³-hybridized carbons (Fsp3) is 0.429. The van der Waals surface area contributed by atoms with Gasteiger partial charge in [-0.3, -0.25) is 9.59 Å². The van der Waals surface area contributed by atoms with Crippen molar-refractivity contribution < 1.29 is 14.0 Å². The molecule has 6 nitrogen and oxygen atoms in total. The highest BCUT2D eigenvalue weighted by Crippen LogP contribution is 2.28. The SMILES string of the molecule is Cc1c(F)cc(C(=O)NC2CCC2)cc1-c1ccc(C(=O)NCC2CC2)nn1. The van der Waals surface area contributed by atoms with Gasteiger partial charge in [0.1, 0.15) is 5.82 Å². The van der Waals surface area contributed by atoms with Gasteiger partial charge in [-0.25, -0.2) is 4.39 Å². The molecule has 2 amide bonds. The van der Waals surface area contributed by atoms with Crippen LogP contribution in [0.2, 0.25) is 0 Å². The molecule has 28 heavy (non-hydrogen) atoms. The molecule has 0 aliphatic heterocycles. The molecule has 1 aromatic heterocycles. The average molecular weight is 382 g/mol. The van der Waals surface area contributed by atoms with E-state index in [4.69, 9.17) is 0 Å². The van der Waals surface area contributed by atoms with Crippen molar-refractivity contribution in [3.05, 3.63) is 46.9 Å². The maximum atomic E-state index is 14.4. The summed E-state index contributed by atoms with van der Waals surface area (Å²) in [6.07, 6.45) is 5.33. The molecule has 2 aliphatic rings. The lowest BCUT2D eigenvalue weighted by Gasteiger charge is -2.26. The molecule has 2 fully saturated rings. The summed E-state index contributed by atoms with van der Waals surface area (Å²) in [7, 11) is 0. The molecule has 1 aromatic carbocycles. The number of hydrogen-bond donors (Lipinski definition) is 2. The quantitative estimate of drug-likeness (QED) is 0.804. The number of aromatic nitrogens is 2. The summed E-state index contributed by atoms with van der Waals surface area (Å²) >= 11 is 0. The van der Waals surface area contributed by atoms with Crippen molar-refractivity contribution in [1.82, 2.24) is 20.8 Å². The van der Waals surface area contributed by atoms with E-state index in [1.54, 1.807) is 25.1 Å². The van der Waals surface area contributed by atoms with Crippen molar-refractivity contribution in [2.45, 2.75) is 45.1 Å². The van der Waals surface area contributed by atoms with E-state index in [0.29, 0.717) is 29.3 Å². The molecule has 0 spiro atoms. The van der Waals surface area contributed by atoms with Crippen LogP contribution in [-0.2, 0) is 0 Å². The fourth-order valence-corrected chi connectivity index (χ4v) is 3.14. The highest BCUT2D eigenvalue weighted by molar-refractivity contribution is 5.96. The minimum absolute atomic E-state index is 0.175. The number of benzene rings is 1. The van der Waals surface area contributed by atoms with Crippen LogP contribution >= 0.6 is 0 Å². The highest BCUT2D eigenvalue weighted by atomic mass is 19.1. The van der Waals surface area contributed by atoms with Gasteiger partial charge in [0.2, 0.25) is 0 Å². The lowest BCUT2D eigenvalue weighted by molar-refractivity contribution is 0.0914. The number of halogens is 1. The van der Waals surface area contributed by atoms with Crippen LogP contribution in [0.5, 0.6) is 0 Å². The Morgan fingerprint density at radius 2 is 1.89 bits per heavy atom. The van der Waals surface area contributed by atoms with Crippen LogP contribution in [0.4, 0.5) is 4.39 Å². The lowest BCUT2D eigenvalue weighted by atomic mass is 9.92. The van der Waals surface area contributed by atoms with E-state index >= 15 is 0 Å². The monoisotopic (exact) mass is 382 g/mol. The molecule has 4 rings (SSSR count). The van der Waals surface area contributed by atoms with Gasteiger partial charge in [0, 0.05) is 23.7 Å². The van der Waals surface area contributed by atoms with E-state index in [0.717, 1.165) is 32.1 Å². The summed E-state index contributed by atoms with van der Waals surface area (Å²) in [5.41, 5.74) is 1.80. The van der Waals surface area contributed by atoms with Gasteiger partial charge >= 0.3 is 0 Å². The molecule has 0 bridgehead atoms. The van der Waals surface area contributed by atoms with Crippen LogP contribution in [0, 0.1) is 18.7 Å². The zero-order valence-corrected chi connectivity index (χ0v) is 15.8. The summed E-state index contributed by atoms with van der Waals surface area (Å²) in [6, 6.07) is 6.26. The predicted octanol–water partition coefficient (Wildman–Crippen LogP) is 3.01. The summed E-state index contributed by atoms with van der Waals surface area (Å²) in [5.74, 6) is -0.434. The first-order chi connectivity index (χ1) is 13.5. The Kier molecular flexibility index (Phi) is 5.07. The van der Waals surface area contributed by atoms with Crippen LogP contribution in [0.1, 0.15) is 58.5 Å². The van der Waals surface area contributed by atoms with E-state index in [1.807, 2.05) is 0 Å². The Hall–Kier alpha value is -2.83. The molecule has 7 heteroatoms. The van der Waals surface area contributed by atoms with Crippen molar-refractivity contribution in [1.29, 1.82) is 0 Å². The normalized spacial score (nSPS) is 16.4. The Morgan fingerprint density at radius 1 is 1.11 bits per heavy atom. The van der Waals surface area contributed by atoms with Gasteiger partial charge in [0.05, 0.1) is 5.69 Å².